The van der Waals surface area contributed by atoms with Crippen LogP contribution in [-0.2, 0) is 9.59 Å². The highest BCUT2D eigenvalue weighted by Crippen LogP contribution is 2.31. The van der Waals surface area contributed by atoms with Crippen LogP contribution in [-0.4, -0.2) is 16.9 Å². The maximum absolute atomic E-state index is 12.4. The molecule has 1 aliphatic rings. The van der Waals surface area contributed by atoms with Crippen molar-refractivity contribution in [1.82, 2.24) is 4.98 Å². The van der Waals surface area contributed by atoms with Crippen LogP contribution in [0.15, 0.2) is 35.7 Å². The number of aliphatic carboxylic acids is 1. The largest absolute Gasteiger partial charge is 0.550 e. The number of carbonyl (C=O) groups is 2. The molecule has 2 atom stereocenters. The minimum Gasteiger partial charge on any atom is -0.550 e. The van der Waals surface area contributed by atoms with Crippen molar-refractivity contribution in [1.29, 1.82) is 0 Å². The highest BCUT2D eigenvalue weighted by Gasteiger charge is 2.30. The van der Waals surface area contributed by atoms with Gasteiger partial charge in [-0.2, -0.15) is 0 Å². The van der Waals surface area contributed by atoms with Crippen LogP contribution < -0.4 is 10.4 Å². The van der Waals surface area contributed by atoms with Gasteiger partial charge < -0.3 is 15.2 Å². The van der Waals surface area contributed by atoms with Crippen LogP contribution in [0.25, 0.3) is 11.3 Å². The molecule has 1 amide bonds. The third-order valence-corrected chi connectivity index (χ3v) is 5.52. The molecule has 1 N–H and O–H groups in total. The minimum absolute atomic E-state index is 0.298. The van der Waals surface area contributed by atoms with E-state index in [1.54, 1.807) is 29.7 Å². The SMILES string of the molecule is O=C(Nc1nc(-c2ccc(Cl)c(Cl)c2)cs1)[C@H]1CC=CC[C@H]1C(=O)[O-]. The van der Waals surface area contributed by atoms with Crippen LogP contribution in [0.1, 0.15) is 12.8 Å². The summed E-state index contributed by atoms with van der Waals surface area (Å²) in [6.45, 7) is 0. The van der Waals surface area contributed by atoms with Gasteiger partial charge in [-0.15, -0.1) is 11.3 Å². The summed E-state index contributed by atoms with van der Waals surface area (Å²) in [6.07, 6.45) is 4.24. The van der Waals surface area contributed by atoms with Gasteiger partial charge >= 0.3 is 0 Å². The lowest BCUT2D eigenvalue weighted by Crippen LogP contribution is -2.41. The number of carbonyl (C=O) groups excluding carboxylic acids is 2. The maximum Gasteiger partial charge on any atom is 0.230 e. The number of carboxylic acids is 1. The summed E-state index contributed by atoms with van der Waals surface area (Å²) in [5.74, 6) is -3.06. The number of halogens is 2. The Labute approximate surface area is 158 Å². The van der Waals surface area contributed by atoms with Crippen LogP contribution in [0.4, 0.5) is 5.13 Å². The number of allylic oxidation sites excluding steroid dienone is 2. The number of carboxylic acid groups (broad SMARTS) is 1. The first-order chi connectivity index (χ1) is 12.0. The number of anilines is 1. The summed E-state index contributed by atoms with van der Waals surface area (Å²) in [6, 6.07) is 5.16. The molecule has 0 saturated heterocycles. The van der Waals surface area contributed by atoms with E-state index in [2.05, 4.69) is 10.3 Å². The summed E-state index contributed by atoms with van der Waals surface area (Å²) in [5, 5.41) is 17.0. The van der Waals surface area contributed by atoms with Crippen molar-refractivity contribution in [2.45, 2.75) is 12.8 Å². The first-order valence-corrected chi connectivity index (χ1v) is 9.17. The monoisotopic (exact) mass is 395 g/mol. The average molecular weight is 396 g/mol. The molecule has 0 fully saturated rings. The van der Waals surface area contributed by atoms with Crippen molar-refractivity contribution in [2.24, 2.45) is 11.8 Å². The Kier molecular flexibility index (Phi) is 5.42. The molecule has 130 valence electrons. The molecule has 3 rings (SSSR count). The number of nitrogens with zero attached hydrogens (tertiary/aromatic N) is 1. The van der Waals surface area contributed by atoms with E-state index < -0.39 is 17.8 Å². The first kappa shape index (κ1) is 17.9. The molecule has 0 aliphatic heterocycles. The molecule has 0 bridgehead atoms. The van der Waals surface area contributed by atoms with Crippen LogP contribution in [0.3, 0.4) is 0 Å². The second-order valence-electron chi connectivity index (χ2n) is 5.63. The predicted molar refractivity (Wildman–Crippen MR) is 96.6 cm³/mol. The topological polar surface area (TPSA) is 82.1 Å². The summed E-state index contributed by atoms with van der Waals surface area (Å²) >= 11 is 13.2. The normalized spacial score (nSPS) is 19.6. The quantitative estimate of drug-likeness (QED) is 0.804. The molecule has 0 radical (unpaired) electrons. The lowest BCUT2D eigenvalue weighted by molar-refractivity contribution is -0.313. The second kappa shape index (κ2) is 7.56. The molecular formula is C17H13Cl2N2O3S-. The molecule has 0 saturated carbocycles. The third kappa shape index (κ3) is 4.03. The first-order valence-electron chi connectivity index (χ1n) is 7.53. The van der Waals surface area contributed by atoms with Crippen LogP contribution >= 0.6 is 34.5 Å². The molecule has 0 spiro atoms. The van der Waals surface area contributed by atoms with Gasteiger partial charge in [0.25, 0.3) is 0 Å². The standard InChI is InChI=1S/C17H14Cl2N2O3S/c18-12-6-5-9(7-13(12)19)14-8-25-17(20-14)21-15(22)10-3-1-2-4-11(10)16(23)24/h1-2,5-8,10-11H,3-4H2,(H,23,24)(H,20,21,22)/p-1/t10-,11+/m0/s1. The zero-order valence-electron chi connectivity index (χ0n) is 12.9. The van der Waals surface area contributed by atoms with E-state index in [4.69, 9.17) is 23.2 Å². The number of hydrogen-bond acceptors (Lipinski definition) is 5. The van der Waals surface area contributed by atoms with E-state index >= 15 is 0 Å². The van der Waals surface area contributed by atoms with Gasteiger partial charge in [0.2, 0.25) is 5.91 Å². The maximum atomic E-state index is 12.4. The number of amides is 1. The van der Waals surface area contributed by atoms with Crippen molar-refractivity contribution >= 4 is 51.5 Å². The molecule has 1 aromatic carbocycles. The fourth-order valence-corrected chi connectivity index (χ4v) is 3.70. The van der Waals surface area contributed by atoms with E-state index in [1.165, 1.54) is 11.3 Å². The van der Waals surface area contributed by atoms with Crippen molar-refractivity contribution in [3.63, 3.8) is 0 Å². The third-order valence-electron chi connectivity index (χ3n) is 4.02. The summed E-state index contributed by atoms with van der Waals surface area (Å²) in [5.41, 5.74) is 1.43. The number of thiazole rings is 1. The highest BCUT2D eigenvalue weighted by molar-refractivity contribution is 7.14. The average Bonchev–Trinajstić information content (AvgIpc) is 3.05. The molecule has 0 unspecified atom stereocenters. The fourth-order valence-electron chi connectivity index (χ4n) is 2.68. The molecule has 25 heavy (non-hydrogen) atoms. The number of hydrogen-bond donors (Lipinski definition) is 1. The van der Waals surface area contributed by atoms with Crippen LogP contribution in [0.2, 0.25) is 10.0 Å². The van der Waals surface area contributed by atoms with Gasteiger partial charge in [0.15, 0.2) is 5.13 Å². The van der Waals surface area contributed by atoms with Gasteiger partial charge in [0.1, 0.15) is 0 Å². The molecular weight excluding hydrogens is 383 g/mol. The van der Waals surface area contributed by atoms with E-state index in [1.807, 2.05) is 6.08 Å². The van der Waals surface area contributed by atoms with Gasteiger partial charge in [0, 0.05) is 22.8 Å². The van der Waals surface area contributed by atoms with Crippen molar-refractivity contribution in [2.75, 3.05) is 5.32 Å². The predicted octanol–water partition coefficient (Wildman–Crippen LogP) is 3.39. The lowest BCUT2D eigenvalue weighted by atomic mass is 9.82. The number of aromatic nitrogens is 1. The molecule has 2 aromatic rings. The smallest absolute Gasteiger partial charge is 0.230 e. The van der Waals surface area contributed by atoms with Gasteiger partial charge in [-0.3, -0.25) is 4.79 Å². The Morgan fingerprint density at radius 3 is 2.56 bits per heavy atom. The van der Waals surface area contributed by atoms with Crippen molar-refractivity contribution < 1.29 is 14.7 Å². The summed E-state index contributed by atoms with van der Waals surface area (Å²) in [4.78, 5) is 28.0. The van der Waals surface area contributed by atoms with Gasteiger partial charge in [-0.25, -0.2) is 4.98 Å². The highest BCUT2D eigenvalue weighted by atomic mass is 35.5. The Bertz CT molecular complexity index is 850. The zero-order chi connectivity index (χ0) is 18.0. The molecule has 8 heteroatoms. The molecule has 5 nitrogen and oxygen atoms in total. The van der Waals surface area contributed by atoms with Crippen LogP contribution in [0.5, 0.6) is 0 Å². The zero-order valence-corrected chi connectivity index (χ0v) is 15.2. The Morgan fingerprint density at radius 1 is 1.16 bits per heavy atom. The number of rotatable bonds is 4. The Morgan fingerprint density at radius 2 is 1.88 bits per heavy atom. The Hall–Kier alpha value is -1.89. The van der Waals surface area contributed by atoms with E-state index in [0.29, 0.717) is 33.7 Å². The van der Waals surface area contributed by atoms with Gasteiger partial charge in [-0.05, 0) is 25.0 Å². The Balaban J connectivity index is 1.74. The minimum atomic E-state index is -1.21. The fraction of sp³-hybridized carbons (Fsp3) is 0.235. The molecule has 1 heterocycles. The summed E-state index contributed by atoms with van der Waals surface area (Å²) < 4.78 is 0. The number of nitrogens with one attached hydrogen (secondary N) is 1. The van der Waals surface area contributed by atoms with Gasteiger partial charge in [0.05, 0.1) is 21.7 Å². The van der Waals surface area contributed by atoms with Gasteiger partial charge in [-0.1, -0.05) is 41.4 Å². The van der Waals surface area contributed by atoms with E-state index in [0.717, 1.165) is 5.56 Å². The van der Waals surface area contributed by atoms with E-state index in [9.17, 15) is 14.7 Å². The van der Waals surface area contributed by atoms with Crippen molar-refractivity contribution in [3.8, 4) is 11.3 Å². The van der Waals surface area contributed by atoms with E-state index in [-0.39, 0.29) is 5.91 Å². The lowest BCUT2D eigenvalue weighted by Gasteiger charge is -2.27. The van der Waals surface area contributed by atoms with Crippen LogP contribution in [0, 0.1) is 11.8 Å². The number of benzene rings is 1. The molecule has 1 aliphatic carbocycles. The van der Waals surface area contributed by atoms with Crippen molar-refractivity contribution in [3.05, 3.63) is 45.8 Å². The second-order valence-corrected chi connectivity index (χ2v) is 7.30. The summed E-state index contributed by atoms with van der Waals surface area (Å²) in [7, 11) is 0. The molecule has 1 aromatic heterocycles.